The minimum atomic E-state index is -0.322. The maximum Gasteiger partial charge on any atom is 0.310 e. The van der Waals surface area contributed by atoms with Crippen LogP contribution >= 0.6 is 56.7 Å². The monoisotopic (exact) mass is 606 g/mol. The van der Waals surface area contributed by atoms with Gasteiger partial charge in [-0.15, -0.1) is 56.7 Å². The third-order valence-corrected chi connectivity index (χ3v) is 11.9. The Balaban J connectivity index is 1.56. The molecule has 5 heterocycles. The van der Waals surface area contributed by atoms with Crippen molar-refractivity contribution in [3.05, 3.63) is 69.4 Å². The van der Waals surface area contributed by atoms with Crippen molar-refractivity contribution in [1.29, 1.82) is 10.5 Å². The van der Waals surface area contributed by atoms with E-state index in [0.717, 1.165) is 50.1 Å². The Morgan fingerprint density at radius 2 is 1.03 bits per heavy atom. The second-order valence-electron chi connectivity index (χ2n) is 8.15. The number of rotatable bonds is 8. The highest BCUT2D eigenvalue weighted by molar-refractivity contribution is 7.30. The SMILES string of the molecule is COC(=O)Cc1cc(-c2ccc(C#N)s2)sc1-c1ccc(-c2sc(-c3ccc(C#N)s3)cc2CC(=O)OC)s1. The van der Waals surface area contributed by atoms with Crippen LogP contribution in [-0.2, 0) is 31.9 Å². The lowest BCUT2D eigenvalue weighted by Gasteiger charge is -2.02. The Hall–Kier alpha value is -3.58. The molecule has 6 nitrogen and oxygen atoms in total. The molecule has 39 heavy (non-hydrogen) atoms. The quantitative estimate of drug-likeness (QED) is 0.167. The summed E-state index contributed by atoms with van der Waals surface area (Å²) in [4.78, 5) is 33.5. The van der Waals surface area contributed by atoms with Crippen molar-refractivity contribution in [3.8, 4) is 51.2 Å². The van der Waals surface area contributed by atoms with Gasteiger partial charge >= 0.3 is 11.9 Å². The maximum atomic E-state index is 12.2. The van der Waals surface area contributed by atoms with E-state index < -0.39 is 0 Å². The standard InChI is InChI=1S/C28H18N2O4S5/c1-33-25(31)11-15-9-23(19-5-3-17(13-29)35-19)38-27(15)21-7-8-22(37-21)28-16(12-26(32)34-2)10-24(39-28)20-6-4-18(14-30)36-20/h3-10H,11-12H2,1-2H3. The number of nitrogens with zero attached hydrogens (tertiary/aromatic N) is 2. The van der Waals surface area contributed by atoms with Crippen molar-refractivity contribution in [2.45, 2.75) is 12.8 Å². The van der Waals surface area contributed by atoms with Crippen LogP contribution in [0, 0.1) is 22.7 Å². The summed E-state index contributed by atoms with van der Waals surface area (Å²) in [6.45, 7) is 0. The lowest BCUT2D eigenvalue weighted by atomic mass is 10.1. The molecule has 0 aliphatic rings. The van der Waals surface area contributed by atoms with Gasteiger partial charge in [0.15, 0.2) is 0 Å². The Morgan fingerprint density at radius 3 is 1.38 bits per heavy atom. The van der Waals surface area contributed by atoms with Gasteiger partial charge in [0.25, 0.3) is 0 Å². The van der Waals surface area contributed by atoms with Gasteiger partial charge in [0.1, 0.15) is 21.9 Å². The van der Waals surface area contributed by atoms with Gasteiger partial charge in [-0.1, -0.05) is 0 Å². The summed E-state index contributed by atoms with van der Waals surface area (Å²) in [5.41, 5.74) is 1.73. The fourth-order valence-corrected chi connectivity index (χ4v) is 9.30. The predicted octanol–water partition coefficient (Wildman–Crippen LogP) is 7.84. The Kier molecular flexibility index (Phi) is 8.07. The van der Waals surface area contributed by atoms with Gasteiger partial charge in [-0.3, -0.25) is 9.59 Å². The summed E-state index contributed by atoms with van der Waals surface area (Å²) in [6, 6.07) is 19.9. The number of carbonyl (C=O) groups excluding carboxylic acids is 2. The molecule has 0 atom stereocenters. The third-order valence-electron chi connectivity index (χ3n) is 5.71. The molecule has 0 saturated heterocycles. The smallest absolute Gasteiger partial charge is 0.310 e. The van der Waals surface area contributed by atoms with Crippen LogP contribution in [0.15, 0.2) is 48.5 Å². The van der Waals surface area contributed by atoms with Gasteiger partial charge in [-0.25, -0.2) is 0 Å². The zero-order chi connectivity index (χ0) is 27.5. The van der Waals surface area contributed by atoms with Gasteiger partial charge in [-0.05, 0) is 59.7 Å². The van der Waals surface area contributed by atoms with E-state index >= 15 is 0 Å². The minimum Gasteiger partial charge on any atom is -0.469 e. The van der Waals surface area contributed by atoms with Crippen LogP contribution in [-0.4, -0.2) is 26.2 Å². The second kappa shape index (κ2) is 11.7. The van der Waals surface area contributed by atoms with E-state index in [0.29, 0.717) is 9.75 Å². The number of esters is 2. The van der Waals surface area contributed by atoms with Gasteiger partial charge < -0.3 is 9.47 Å². The first-order chi connectivity index (χ1) is 18.9. The highest BCUT2D eigenvalue weighted by atomic mass is 32.1. The summed E-state index contributed by atoms with van der Waals surface area (Å²) in [6.07, 6.45) is 0.283. The molecule has 194 valence electrons. The molecular weight excluding hydrogens is 589 g/mol. The summed E-state index contributed by atoms with van der Waals surface area (Å²) in [7, 11) is 2.75. The summed E-state index contributed by atoms with van der Waals surface area (Å²) in [5, 5.41) is 18.5. The van der Waals surface area contributed by atoms with Crippen molar-refractivity contribution in [3.63, 3.8) is 0 Å². The van der Waals surface area contributed by atoms with Gasteiger partial charge in [0.05, 0.1) is 27.1 Å². The van der Waals surface area contributed by atoms with E-state index in [-0.39, 0.29) is 24.8 Å². The number of hydrogen-bond acceptors (Lipinski definition) is 11. The molecule has 11 heteroatoms. The topological polar surface area (TPSA) is 100 Å². The summed E-state index contributed by atoms with van der Waals surface area (Å²) < 4.78 is 9.88. The molecule has 0 radical (unpaired) electrons. The molecule has 0 fully saturated rings. The Bertz CT molecular complexity index is 1640. The molecule has 0 saturated carbocycles. The van der Waals surface area contributed by atoms with E-state index in [2.05, 4.69) is 12.1 Å². The van der Waals surface area contributed by atoms with Crippen LogP contribution < -0.4 is 0 Å². The molecule has 0 N–H and O–H groups in total. The molecule has 0 spiro atoms. The summed E-state index contributed by atoms with van der Waals surface area (Å²) >= 11 is 7.59. The average Bonchev–Trinajstić information content (AvgIpc) is 3.77. The number of carbonyl (C=O) groups is 2. The molecule has 0 unspecified atom stereocenters. The molecule has 5 aromatic heterocycles. The van der Waals surface area contributed by atoms with E-state index in [9.17, 15) is 20.1 Å². The Morgan fingerprint density at radius 1 is 0.615 bits per heavy atom. The van der Waals surface area contributed by atoms with Crippen molar-refractivity contribution < 1.29 is 19.1 Å². The minimum absolute atomic E-state index is 0.141. The fourth-order valence-electron chi connectivity index (χ4n) is 3.88. The van der Waals surface area contributed by atoms with Crippen LogP contribution in [0.3, 0.4) is 0 Å². The zero-order valence-corrected chi connectivity index (χ0v) is 24.7. The highest BCUT2D eigenvalue weighted by Crippen LogP contribution is 2.48. The molecule has 5 aromatic rings. The molecule has 0 amide bonds. The van der Waals surface area contributed by atoms with E-state index in [4.69, 9.17) is 9.47 Å². The number of ether oxygens (including phenoxy) is 2. The Labute approximate surface area is 244 Å². The van der Waals surface area contributed by atoms with E-state index in [1.807, 2.05) is 36.4 Å². The first-order valence-electron chi connectivity index (χ1n) is 11.4. The molecule has 0 aromatic carbocycles. The van der Waals surface area contributed by atoms with E-state index in [1.165, 1.54) is 36.9 Å². The largest absolute Gasteiger partial charge is 0.469 e. The van der Waals surface area contributed by atoms with Crippen LogP contribution in [0.5, 0.6) is 0 Å². The van der Waals surface area contributed by atoms with Crippen LogP contribution in [0.1, 0.15) is 20.9 Å². The second-order valence-corrected chi connectivity index (χ2v) is 13.5. The van der Waals surface area contributed by atoms with Crippen LogP contribution in [0.2, 0.25) is 0 Å². The first-order valence-corrected chi connectivity index (χ1v) is 15.5. The lowest BCUT2D eigenvalue weighted by molar-refractivity contribution is -0.140. The van der Waals surface area contributed by atoms with Gasteiger partial charge in [-0.2, -0.15) is 10.5 Å². The van der Waals surface area contributed by atoms with E-state index in [1.54, 1.807) is 46.1 Å². The summed E-state index contributed by atoms with van der Waals surface area (Å²) in [5.74, 6) is -0.644. The molecular formula is C28H18N2O4S5. The van der Waals surface area contributed by atoms with Crippen molar-refractivity contribution in [2.75, 3.05) is 14.2 Å². The number of hydrogen-bond donors (Lipinski definition) is 0. The molecule has 5 rings (SSSR count). The first kappa shape index (κ1) is 27.0. The third kappa shape index (κ3) is 5.74. The van der Waals surface area contributed by atoms with Crippen molar-refractivity contribution in [2.24, 2.45) is 0 Å². The van der Waals surface area contributed by atoms with Crippen LogP contribution in [0.4, 0.5) is 0 Å². The number of thiophene rings is 5. The normalized spacial score (nSPS) is 10.7. The molecule has 0 aliphatic carbocycles. The van der Waals surface area contributed by atoms with Crippen LogP contribution in [0.25, 0.3) is 39.0 Å². The van der Waals surface area contributed by atoms with Crippen molar-refractivity contribution >= 4 is 68.6 Å². The van der Waals surface area contributed by atoms with Gasteiger partial charge in [0.2, 0.25) is 0 Å². The number of methoxy groups -OCH3 is 2. The lowest BCUT2D eigenvalue weighted by Crippen LogP contribution is -2.04. The highest BCUT2D eigenvalue weighted by Gasteiger charge is 2.21. The fraction of sp³-hybridized carbons (Fsp3) is 0.143. The molecule has 0 aliphatic heterocycles. The zero-order valence-electron chi connectivity index (χ0n) is 20.6. The molecule has 0 bridgehead atoms. The predicted molar refractivity (Wildman–Crippen MR) is 158 cm³/mol. The maximum absolute atomic E-state index is 12.2. The van der Waals surface area contributed by atoms with Crippen molar-refractivity contribution in [1.82, 2.24) is 0 Å². The van der Waals surface area contributed by atoms with Gasteiger partial charge in [0, 0.05) is 39.0 Å². The average molecular weight is 607 g/mol. The number of nitriles is 2.